The maximum absolute atomic E-state index is 13.5. The first-order valence-electron chi connectivity index (χ1n) is 10.8. The van der Waals surface area contributed by atoms with Gasteiger partial charge in [-0.25, -0.2) is 0 Å². The molecule has 3 aromatic rings. The van der Waals surface area contributed by atoms with E-state index in [1.54, 1.807) is 0 Å². The summed E-state index contributed by atoms with van der Waals surface area (Å²) in [5, 5.41) is 12.8. The van der Waals surface area contributed by atoms with Crippen LogP contribution < -0.4 is 0 Å². The fourth-order valence-electron chi connectivity index (χ4n) is 4.38. The molecule has 1 amide bonds. The highest BCUT2D eigenvalue weighted by molar-refractivity contribution is 6.01. The van der Waals surface area contributed by atoms with E-state index in [2.05, 4.69) is 34.1 Å². The smallest absolute Gasteiger partial charge is 0.254 e. The predicted molar refractivity (Wildman–Crippen MR) is 115 cm³/mol. The van der Waals surface area contributed by atoms with Gasteiger partial charge in [0.1, 0.15) is 5.82 Å². The normalized spacial score (nSPS) is 17.7. The zero-order valence-corrected chi connectivity index (χ0v) is 17.9. The first-order valence-corrected chi connectivity index (χ1v) is 10.8. The van der Waals surface area contributed by atoms with Crippen LogP contribution in [0.4, 0.5) is 0 Å². The lowest BCUT2D eigenvalue weighted by atomic mass is 9.92. The number of nitrogens with zero attached hydrogens (tertiary/aromatic N) is 5. The summed E-state index contributed by atoms with van der Waals surface area (Å²) >= 11 is 0. The average molecular weight is 405 g/mol. The van der Waals surface area contributed by atoms with E-state index in [9.17, 15) is 4.79 Å². The zero-order valence-electron chi connectivity index (χ0n) is 17.9. The lowest BCUT2D eigenvalue weighted by Gasteiger charge is -2.32. The number of aryl methyl sites for hydroxylation is 1. The molecule has 0 unspecified atom stereocenters. The number of aromatic nitrogens is 5. The molecule has 0 atom stereocenters. The van der Waals surface area contributed by atoms with Gasteiger partial charge >= 0.3 is 0 Å². The highest BCUT2D eigenvalue weighted by atomic mass is 16.2. The molecule has 3 heterocycles. The Bertz CT molecular complexity index is 1080. The zero-order chi connectivity index (χ0) is 20.9. The Labute approximate surface area is 176 Å². The van der Waals surface area contributed by atoms with Gasteiger partial charge in [0.2, 0.25) is 0 Å². The van der Waals surface area contributed by atoms with Gasteiger partial charge in [0.05, 0.1) is 6.20 Å². The molecule has 7 heteroatoms. The largest absolute Gasteiger partial charge is 0.339 e. The van der Waals surface area contributed by atoms with Crippen molar-refractivity contribution < 1.29 is 4.79 Å². The van der Waals surface area contributed by atoms with Gasteiger partial charge in [0.25, 0.3) is 5.91 Å². The van der Waals surface area contributed by atoms with E-state index < -0.39 is 0 Å². The third kappa shape index (κ3) is 3.42. The molecule has 1 saturated heterocycles. The summed E-state index contributed by atoms with van der Waals surface area (Å²) in [5.41, 5.74) is 4.03. The lowest BCUT2D eigenvalue weighted by molar-refractivity contribution is 0.0679. The van der Waals surface area contributed by atoms with Crippen molar-refractivity contribution in [2.75, 3.05) is 13.1 Å². The van der Waals surface area contributed by atoms with Crippen LogP contribution >= 0.6 is 0 Å². The van der Waals surface area contributed by atoms with Gasteiger partial charge in [-0.2, -0.15) is 5.10 Å². The summed E-state index contributed by atoms with van der Waals surface area (Å²) in [4.78, 5) is 18.7. The molecule has 0 radical (unpaired) electrons. The van der Waals surface area contributed by atoms with Crippen LogP contribution in [0.2, 0.25) is 0 Å². The van der Waals surface area contributed by atoms with E-state index in [1.807, 2.05) is 47.1 Å². The standard InChI is InChI=1S/C23H28N6O/c1-15(2)29-14-18(13-24-29)20-12-17(21-25-16(3)26-27-21)4-5-19(20)22(30)28-10-8-23(6-7-23)9-11-28/h4-5,12-15H,6-11H2,1-3H3,(H,25,26,27). The van der Waals surface area contributed by atoms with Gasteiger partial charge in [0.15, 0.2) is 5.82 Å². The number of nitrogens with one attached hydrogen (secondary N) is 1. The van der Waals surface area contributed by atoms with Crippen molar-refractivity contribution in [2.45, 2.75) is 52.5 Å². The van der Waals surface area contributed by atoms with Crippen molar-refractivity contribution in [1.29, 1.82) is 0 Å². The SMILES string of the molecule is Cc1nnc(-c2ccc(C(=O)N3CCC4(CC3)CC4)c(-c3cnn(C(C)C)c3)c2)[nH]1. The van der Waals surface area contributed by atoms with Gasteiger partial charge in [0, 0.05) is 42.0 Å². The summed E-state index contributed by atoms with van der Waals surface area (Å²) in [6.45, 7) is 7.78. The van der Waals surface area contributed by atoms with Gasteiger partial charge in [-0.05, 0) is 69.6 Å². The van der Waals surface area contributed by atoms with Gasteiger partial charge in [-0.15, -0.1) is 10.2 Å². The highest BCUT2D eigenvalue weighted by Crippen LogP contribution is 2.53. The molecule has 1 N–H and O–H groups in total. The molecule has 1 spiro atoms. The number of piperidine rings is 1. The second-order valence-corrected chi connectivity index (χ2v) is 9.11. The fraction of sp³-hybridized carbons (Fsp3) is 0.478. The maximum atomic E-state index is 13.5. The second kappa shape index (κ2) is 7.07. The Kier molecular flexibility index (Phi) is 4.49. The lowest BCUT2D eigenvalue weighted by Crippen LogP contribution is -2.39. The Morgan fingerprint density at radius 3 is 2.47 bits per heavy atom. The Morgan fingerprint density at radius 2 is 1.87 bits per heavy atom. The first kappa shape index (κ1) is 19.0. The number of rotatable bonds is 4. The summed E-state index contributed by atoms with van der Waals surface area (Å²) < 4.78 is 1.92. The summed E-state index contributed by atoms with van der Waals surface area (Å²) in [7, 11) is 0. The Hall–Kier alpha value is -2.96. The van der Waals surface area contributed by atoms with Crippen LogP contribution in [-0.2, 0) is 0 Å². The number of aromatic amines is 1. The summed E-state index contributed by atoms with van der Waals surface area (Å²) in [5.74, 6) is 1.58. The molecule has 1 aliphatic heterocycles. The average Bonchev–Trinajstić information content (AvgIpc) is 3.15. The Balaban J connectivity index is 1.52. The van der Waals surface area contributed by atoms with Crippen LogP contribution in [0.1, 0.15) is 61.8 Å². The van der Waals surface area contributed by atoms with E-state index in [-0.39, 0.29) is 11.9 Å². The van der Waals surface area contributed by atoms with Crippen molar-refractivity contribution in [3.05, 3.63) is 42.0 Å². The molecule has 1 aromatic carbocycles. The van der Waals surface area contributed by atoms with Crippen LogP contribution in [0, 0.1) is 12.3 Å². The third-order valence-corrected chi connectivity index (χ3v) is 6.63. The number of carbonyl (C=O) groups excluding carboxylic acids is 1. The van der Waals surface area contributed by atoms with Gasteiger partial charge in [-0.1, -0.05) is 6.07 Å². The first-order chi connectivity index (χ1) is 14.4. The van der Waals surface area contributed by atoms with E-state index in [4.69, 9.17) is 0 Å². The minimum Gasteiger partial charge on any atom is -0.339 e. The molecule has 5 rings (SSSR count). The molecule has 30 heavy (non-hydrogen) atoms. The van der Waals surface area contributed by atoms with Crippen molar-refractivity contribution in [3.8, 4) is 22.5 Å². The van der Waals surface area contributed by atoms with Gasteiger partial charge < -0.3 is 9.88 Å². The molecular formula is C23H28N6O. The molecule has 2 fully saturated rings. The monoisotopic (exact) mass is 404 g/mol. The van der Waals surface area contributed by atoms with E-state index in [1.165, 1.54) is 12.8 Å². The number of hydrogen-bond donors (Lipinski definition) is 1. The fourth-order valence-corrected chi connectivity index (χ4v) is 4.38. The molecule has 0 bridgehead atoms. The van der Waals surface area contributed by atoms with Crippen LogP contribution in [0.3, 0.4) is 0 Å². The molecule has 156 valence electrons. The molecule has 2 aliphatic rings. The van der Waals surface area contributed by atoms with Crippen molar-refractivity contribution in [2.24, 2.45) is 5.41 Å². The molecule has 1 aliphatic carbocycles. The molecule has 2 aromatic heterocycles. The van der Waals surface area contributed by atoms with Crippen LogP contribution in [0.15, 0.2) is 30.6 Å². The third-order valence-electron chi connectivity index (χ3n) is 6.63. The number of likely N-dealkylation sites (tertiary alicyclic amines) is 1. The summed E-state index contributed by atoms with van der Waals surface area (Å²) in [6.07, 6.45) is 8.79. The van der Waals surface area contributed by atoms with E-state index >= 15 is 0 Å². The topological polar surface area (TPSA) is 79.7 Å². The molecule has 7 nitrogen and oxygen atoms in total. The minimum atomic E-state index is 0.109. The maximum Gasteiger partial charge on any atom is 0.254 e. The number of H-pyrrole nitrogens is 1. The number of carbonyl (C=O) groups is 1. The van der Waals surface area contributed by atoms with Crippen molar-refractivity contribution >= 4 is 5.91 Å². The summed E-state index contributed by atoms with van der Waals surface area (Å²) in [6, 6.07) is 6.17. The number of amides is 1. The highest BCUT2D eigenvalue weighted by Gasteiger charge is 2.45. The molecular weight excluding hydrogens is 376 g/mol. The van der Waals surface area contributed by atoms with E-state index in [0.29, 0.717) is 11.2 Å². The quantitative estimate of drug-likeness (QED) is 0.705. The minimum absolute atomic E-state index is 0.109. The number of hydrogen-bond acceptors (Lipinski definition) is 4. The predicted octanol–water partition coefficient (Wildman–Crippen LogP) is 4.24. The van der Waals surface area contributed by atoms with Crippen LogP contribution in [-0.4, -0.2) is 48.9 Å². The van der Waals surface area contributed by atoms with Gasteiger partial charge in [-0.3, -0.25) is 9.48 Å². The van der Waals surface area contributed by atoms with Crippen molar-refractivity contribution in [1.82, 2.24) is 29.9 Å². The van der Waals surface area contributed by atoms with Crippen molar-refractivity contribution in [3.63, 3.8) is 0 Å². The van der Waals surface area contributed by atoms with Crippen LogP contribution in [0.25, 0.3) is 22.5 Å². The molecule has 1 saturated carbocycles. The second-order valence-electron chi connectivity index (χ2n) is 9.11. The Morgan fingerprint density at radius 1 is 1.10 bits per heavy atom. The number of benzene rings is 1. The van der Waals surface area contributed by atoms with E-state index in [0.717, 1.165) is 54.0 Å². The van der Waals surface area contributed by atoms with Crippen LogP contribution in [0.5, 0.6) is 0 Å².